The third-order valence-corrected chi connectivity index (χ3v) is 7.94. The second kappa shape index (κ2) is 9.36. The molecule has 4 aromatic rings. The Balaban J connectivity index is 1.47. The molecule has 33 heavy (non-hydrogen) atoms. The SMILES string of the molecule is Cc1csc2nc(CSc3nnc([C@@H](C)N4CCCCC4)n3-c3ccc(F)cc3)cc(=O)n12. The lowest BCUT2D eigenvalue weighted by molar-refractivity contribution is 0.167. The third kappa shape index (κ3) is 4.47. The predicted octanol–water partition coefficient (Wildman–Crippen LogP) is 4.62. The van der Waals surface area contributed by atoms with E-state index in [9.17, 15) is 9.18 Å². The van der Waals surface area contributed by atoms with Crippen molar-refractivity contribution in [1.82, 2.24) is 29.0 Å². The average Bonchev–Trinajstić information content (AvgIpc) is 3.42. The topological polar surface area (TPSA) is 68.3 Å². The summed E-state index contributed by atoms with van der Waals surface area (Å²) >= 11 is 2.94. The third-order valence-electron chi connectivity index (χ3n) is 6.03. The summed E-state index contributed by atoms with van der Waals surface area (Å²) in [6, 6.07) is 8.07. The number of thiazole rings is 1. The van der Waals surface area contributed by atoms with Gasteiger partial charge in [-0.3, -0.25) is 18.7 Å². The van der Waals surface area contributed by atoms with Gasteiger partial charge in [-0.2, -0.15) is 0 Å². The lowest BCUT2D eigenvalue weighted by atomic mass is 10.1. The predicted molar refractivity (Wildman–Crippen MR) is 129 cm³/mol. The summed E-state index contributed by atoms with van der Waals surface area (Å²) < 4.78 is 17.2. The van der Waals surface area contributed by atoms with E-state index in [2.05, 4.69) is 27.0 Å². The van der Waals surface area contributed by atoms with Crippen LogP contribution in [0.4, 0.5) is 4.39 Å². The van der Waals surface area contributed by atoms with Crippen molar-refractivity contribution in [3.63, 3.8) is 0 Å². The molecule has 0 unspecified atom stereocenters. The van der Waals surface area contributed by atoms with Crippen molar-refractivity contribution in [2.45, 2.75) is 50.1 Å². The molecule has 0 saturated carbocycles. The molecule has 1 saturated heterocycles. The minimum atomic E-state index is -0.282. The van der Waals surface area contributed by atoms with Crippen molar-refractivity contribution >= 4 is 28.1 Å². The van der Waals surface area contributed by atoms with Crippen molar-refractivity contribution in [1.29, 1.82) is 0 Å². The zero-order chi connectivity index (χ0) is 22.9. The van der Waals surface area contributed by atoms with Crippen molar-refractivity contribution in [2.24, 2.45) is 0 Å². The van der Waals surface area contributed by atoms with Crippen molar-refractivity contribution in [2.75, 3.05) is 13.1 Å². The van der Waals surface area contributed by atoms with E-state index in [1.165, 1.54) is 54.5 Å². The van der Waals surface area contributed by atoms with Crippen LogP contribution in [0.3, 0.4) is 0 Å². The van der Waals surface area contributed by atoms with E-state index in [1.807, 2.05) is 16.9 Å². The second-order valence-corrected chi connectivity index (χ2v) is 10.1. The number of aromatic nitrogens is 5. The molecule has 0 amide bonds. The smallest absolute Gasteiger partial charge is 0.258 e. The fourth-order valence-electron chi connectivity index (χ4n) is 4.26. The normalized spacial score (nSPS) is 15.8. The summed E-state index contributed by atoms with van der Waals surface area (Å²) in [4.78, 5) is 20.3. The number of hydrogen-bond acceptors (Lipinski definition) is 7. The van der Waals surface area contributed by atoms with Crippen LogP contribution in [0.15, 0.2) is 45.7 Å². The number of rotatable bonds is 6. The number of piperidine rings is 1. The second-order valence-electron chi connectivity index (χ2n) is 8.29. The summed E-state index contributed by atoms with van der Waals surface area (Å²) in [6.07, 6.45) is 3.63. The lowest BCUT2D eigenvalue weighted by Crippen LogP contribution is -2.33. The van der Waals surface area contributed by atoms with E-state index in [1.54, 1.807) is 22.6 Å². The number of fused-ring (bicyclic) bond motifs is 1. The maximum Gasteiger partial charge on any atom is 0.258 e. The van der Waals surface area contributed by atoms with E-state index in [4.69, 9.17) is 0 Å². The summed E-state index contributed by atoms with van der Waals surface area (Å²) in [5.41, 5.74) is 2.33. The summed E-state index contributed by atoms with van der Waals surface area (Å²) in [6.45, 7) is 6.12. The van der Waals surface area contributed by atoms with Crippen LogP contribution >= 0.6 is 23.1 Å². The number of halogens is 1. The van der Waals surface area contributed by atoms with E-state index >= 15 is 0 Å². The van der Waals surface area contributed by atoms with E-state index in [0.29, 0.717) is 21.6 Å². The van der Waals surface area contributed by atoms with Gasteiger partial charge in [0, 0.05) is 28.6 Å². The highest BCUT2D eigenvalue weighted by Crippen LogP contribution is 2.30. The van der Waals surface area contributed by atoms with Crippen LogP contribution in [0.5, 0.6) is 0 Å². The Morgan fingerprint density at radius 3 is 2.67 bits per heavy atom. The first-order chi connectivity index (χ1) is 16.0. The van der Waals surface area contributed by atoms with Gasteiger partial charge in [-0.05, 0) is 64.0 Å². The number of hydrogen-bond donors (Lipinski definition) is 0. The van der Waals surface area contributed by atoms with Gasteiger partial charge in [0.1, 0.15) is 5.82 Å². The van der Waals surface area contributed by atoms with Crippen LogP contribution in [0.1, 0.15) is 49.4 Å². The van der Waals surface area contributed by atoms with Crippen LogP contribution in [-0.4, -0.2) is 42.1 Å². The first kappa shape index (κ1) is 22.2. The van der Waals surface area contributed by atoms with Gasteiger partial charge in [-0.1, -0.05) is 18.2 Å². The van der Waals surface area contributed by atoms with Crippen molar-refractivity contribution in [3.8, 4) is 5.69 Å². The maximum atomic E-state index is 13.6. The summed E-state index contributed by atoms with van der Waals surface area (Å²) in [5.74, 6) is 1.04. The molecule has 10 heteroatoms. The van der Waals surface area contributed by atoms with Gasteiger partial charge < -0.3 is 0 Å². The van der Waals surface area contributed by atoms with Crippen LogP contribution in [0, 0.1) is 12.7 Å². The molecule has 1 atom stereocenters. The first-order valence-corrected chi connectivity index (χ1v) is 12.9. The molecule has 4 heterocycles. The molecule has 7 nitrogen and oxygen atoms in total. The molecule has 0 bridgehead atoms. The fraction of sp³-hybridized carbons (Fsp3) is 0.391. The van der Waals surface area contributed by atoms with Gasteiger partial charge in [0.25, 0.3) is 5.56 Å². The highest BCUT2D eigenvalue weighted by molar-refractivity contribution is 7.98. The van der Waals surface area contributed by atoms with Crippen molar-refractivity contribution < 1.29 is 4.39 Å². The highest BCUT2D eigenvalue weighted by Gasteiger charge is 2.25. The highest BCUT2D eigenvalue weighted by atomic mass is 32.2. The van der Waals surface area contributed by atoms with Gasteiger partial charge in [-0.25, -0.2) is 9.37 Å². The van der Waals surface area contributed by atoms with E-state index in [0.717, 1.165) is 30.3 Å². The molecule has 1 aliphatic heterocycles. The summed E-state index contributed by atoms with van der Waals surface area (Å²) in [5, 5.41) is 11.7. The van der Waals surface area contributed by atoms with Crippen LogP contribution < -0.4 is 5.56 Å². The first-order valence-electron chi connectivity index (χ1n) is 11.1. The van der Waals surface area contributed by atoms with Crippen molar-refractivity contribution in [3.05, 3.63) is 69.1 Å². The Morgan fingerprint density at radius 1 is 1.15 bits per heavy atom. The van der Waals surface area contributed by atoms with Gasteiger partial charge in [-0.15, -0.1) is 21.5 Å². The minimum Gasteiger partial charge on any atom is -0.294 e. The molecule has 1 fully saturated rings. The summed E-state index contributed by atoms with van der Waals surface area (Å²) in [7, 11) is 0. The van der Waals surface area contributed by atoms with Gasteiger partial charge >= 0.3 is 0 Å². The zero-order valence-corrected chi connectivity index (χ0v) is 20.2. The fourth-order valence-corrected chi connectivity index (χ4v) is 6.00. The molecule has 0 spiro atoms. The number of likely N-dealkylation sites (tertiary alicyclic amines) is 1. The van der Waals surface area contributed by atoms with Crippen LogP contribution in [0.25, 0.3) is 10.6 Å². The number of benzene rings is 1. The molecule has 0 aliphatic carbocycles. The Bertz CT molecular complexity index is 1320. The monoisotopic (exact) mass is 484 g/mol. The molecule has 3 aromatic heterocycles. The molecule has 172 valence electrons. The Hall–Kier alpha value is -2.56. The molecule has 5 rings (SSSR count). The largest absolute Gasteiger partial charge is 0.294 e. The number of thioether (sulfide) groups is 1. The molecular formula is C23H25FN6OS2. The van der Waals surface area contributed by atoms with Crippen LogP contribution in [-0.2, 0) is 5.75 Å². The lowest BCUT2D eigenvalue weighted by Gasteiger charge is -2.31. The maximum absolute atomic E-state index is 13.6. The molecule has 1 aliphatic rings. The molecule has 1 aromatic carbocycles. The Labute approximate surface area is 199 Å². The molecular weight excluding hydrogens is 459 g/mol. The van der Waals surface area contributed by atoms with Gasteiger partial charge in [0.05, 0.1) is 11.7 Å². The minimum absolute atomic E-state index is 0.0752. The quantitative estimate of drug-likeness (QED) is 0.372. The van der Waals surface area contributed by atoms with Crippen LogP contribution in [0.2, 0.25) is 0 Å². The number of aryl methyl sites for hydroxylation is 1. The van der Waals surface area contributed by atoms with E-state index < -0.39 is 0 Å². The molecule has 0 N–H and O–H groups in total. The Morgan fingerprint density at radius 2 is 1.91 bits per heavy atom. The average molecular weight is 485 g/mol. The standard InChI is InChI=1S/C23H25FN6OS2/c1-15-13-32-22-25-18(12-20(31)29(15)22)14-33-23-27-26-21(16(2)28-10-4-3-5-11-28)30(23)19-8-6-17(24)7-9-19/h6-9,12-13,16H,3-5,10-11,14H2,1-2H3/t16-/m1/s1. The number of nitrogens with zero attached hydrogens (tertiary/aromatic N) is 6. The van der Waals surface area contributed by atoms with Gasteiger partial charge in [0.2, 0.25) is 0 Å². The van der Waals surface area contributed by atoms with Gasteiger partial charge in [0.15, 0.2) is 15.9 Å². The zero-order valence-electron chi connectivity index (χ0n) is 18.6. The Kier molecular flexibility index (Phi) is 6.31. The molecule has 0 radical (unpaired) electrons. The van der Waals surface area contributed by atoms with E-state index in [-0.39, 0.29) is 17.4 Å².